The average Bonchev–Trinajstić information content (AvgIpc) is 2.81. The minimum atomic E-state index is 0.245. The lowest BCUT2D eigenvalue weighted by Gasteiger charge is -2.26. The number of nitrogens with one attached hydrogen (secondary N) is 1. The van der Waals surface area contributed by atoms with E-state index in [4.69, 9.17) is 0 Å². The van der Waals surface area contributed by atoms with E-state index in [1.54, 1.807) is 7.05 Å². The Morgan fingerprint density at radius 1 is 1.33 bits per heavy atom. The first-order valence-corrected chi connectivity index (χ1v) is 6.47. The molecule has 1 fully saturated rings. The molecule has 2 heterocycles. The number of piperidine rings is 1. The van der Waals surface area contributed by atoms with Crippen LogP contribution < -0.4 is 5.32 Å². The molecule has 7 nitrogen and oxygen atoms in total. The van der Waals surface area contributed by atoms with Crippen LogP contribution in [0.5, 0.6) is 0 Å². The van der Waals surface area contributed by atoms with Crippen molar-refractivity contribution in [2.45, 2.75) is 32.2 Å². The number of hydrogen-bond donors (Lipinski definition) is 1. The van der Waals surface area contributed by atoms with Crippen LogP contribution in [0, 0.1) is 0 Å². The van der Waals surface area contributed by atoms with Gasteiger partial charge in [-0.25, -0.2) is 0 Å². The van der Waals surface area contributed by atoms with Crippen LogP contribution in [-0.2, 0) is 18.4 Å². The van der Waals surface area contributed by atoms with Gasteiger partial charge in [0.05, 0.1) is 13.6 Å². The number of carbonyl (C=O) groups is 1. The molecule has 0 radical (unpaired) electrons. The van der Waals surface area contributed by atoms with Crippen molar-refractivity contribution in [3.05, 3.63) is 5.82 Å². The monoisotopic (exact) mass is 252 g/mol. The Balaban J connectivity index is 1.61. The number of rotatable bonds is 5. The number of carbonyl (C=O) groups excluding carboxylic acids is 1. The Bertz CT molecular complexity index is 385. The summed E-state index contributed by atoms with van der Waals surface area (Å²) in [6.45, 7) is 3.06. The second-order valence-corrected chi connectivity index (χ2v) is 4.56. The largest absolute Gasteiger partial charge is 0.343 e. The first-order valence-electron chi connectivity index (χ1n) is 6.47. The lowest BCUT2D eigenvalue weighted by Crippen LogP contribution is -2.37. The van der Waals surface area contributed by atoms with Gasteiger partial charge in [-0.3, -0.25) is 4.79 Å². The third kappa shape index (κ3) is 3.76. The third-order valence-electron chi connectivity index (χ3n) is 3.06. The fourth-order valence-electron chi connectivity index (χ4n) is 2.09. The second kappa shape index (κ2) is 6.44. The topological polar surface area (TPSA) is 75.9 Å². The van der Waals surface area contributed by atoms with Crippen LogP contribution in [0.15, 0.2) is 0 Å². The molecule has 1 aliphatic rings. The van der Waals surface area contributed by atoms with Gasteiger partial charge >= 0.3 is 0 Å². The number of amides is 1. The molecule has 1 N–H and O–H groups in total. The van der Waals surface area contributed by atoms with E-state index in [1.165, 1.54) is 11.2 Å². The minimum Gasteiger partial charge on any atom is -0.343 e. The van der Waals surface area contributed by atoms with Gasteiger partial charge in [-0.15, -0.1) is 10.2 Å². The van der Waals surface area contributed by atoms with Crippen molar-refractivity contribution in [1.29, 1.82) is 0 Å². The Hall–Kier alpha value is -1.50. The molecule has 0 atom stereocenters. The van der Waals surface area contributed by atoms with Crippen molar-refractivity contribution in [3.63, 3.8) is 0 Å². The van der Waals surface area contributed by atoms with Crippen LogP contribution >= 0.6 is 0 Å². The van der Waals surface area contributed by atoms with Gasteiger partial charge in [0.2, 0.25) is 5.91 Å². The molecule has 0 bridgehead atoms. The number of likely N-dealkylation sites (tertiary alicyclic amines) is 1. The van der Waals surface area contributed by atoms with Gasteiger partial charge in [0.15, 0.2) is 5.82 Å². The molecular weight excluding hydrogens is 232 g/mol. The average molecular weight is 252 g/mol. The summed E-state index contributed by atoms with van der Waals surface area (Å²) in [6, 6.07) is 0. The highest BCUT2D eigenvalue weighted by Crippen LogP contribution is 2.09. The number of aryl methyl sites for hydroxylation is 1. The van der Waals surface area contributed by atoms with Crippen LogP contribution in [0.25, 0.3) is 0 Å². The van der Waals surface area contributed by atoms with E-state index in [-0.39, 0.29) is 5.91 Å². The van der Waals surface area contributed by atoms with Crippen molar-refractivity contribution >= 4 is 5.91 Å². The summed E-state index contributed by atoms with van der Waals surface area (Å²) in [6.07, 6.45) is 4.08. The molecule has 2 rings (SSSR count). The third-order valence-corrected chi connectivity index (χ3v) is 3.06. The number of nitrogens with zero attached hydrogens (tertiary/aromatic N) is 5. The summed E-state index contributed by atoms with van der Waals surface area (Å²) in [5, 5.41) is 14.8. The normalized spacial score (nSPS) is 15.9. The fourth-order valence-corrected chi connectivity index (χ4v) is 2.09. The SMILES string of the molecule is Cn1nnc(CNCCC(=O)N2CCCCC2)n1. The molecule has 0 aromatic carbocycles. The Labute approximate surface area is 107 Å². The Morgan fingerprint density at radius 3 is 2.78 bits per heavy atom. The molecular formula is C11H20N6O. The van der Waals surface area contributed by atoms with E-state index in [9.17, 15) is 4.79 Å². The highest BCUT2D eigenvalue weighted by atomic mass is 16.2. The van der Waals surface area contributed by atoms with E-state index < -0.39 is 0 Å². The summed E-state index contributed by atoms with van der Waals surface area (Å²) < 4.78 is 0. The van der Waals surface area contributed by atoms with Gasteiger partial charge < -0.3 is 10.2 Å². The predicted octanol–water partition coefficient (Wildman–Crippen LogP) is -0.298. The van der Waals surface area contributed by atoms with E-state index in [2.05, 4.69) is 20.7 Å². The second-order valence-electron chi connectivity index (χ2n) is 4.56. The zero-order chi connectivity index (χ0) is 12.8. The van der Waals surface area contributed by atoms with E-state index >= 15 is 0 Å². The van der Waals surface area contributed by atoms with Crippen molar-refractivity contribution in [1.82, 2.24) is 30.4 Å². The molecule has 18 heavy (non-hydrogen) atoms. The molecule has 0 spiro atoms. The number of hydrogen-bond acceptors (Lipinski definition) is 5. The maximum absolute atomic E-state index is 11.9. The lowest BCUT2D eigenvalue weighted by atomic mass is 10.1. The molecule has 0 unspecified atom stereocenters. The molecule has 0 aliphatic carbocycles. The zero-order valence-electron chi connectivity index (χ0n) is 10.8. The van der Waals surface area contributed by atoms with Gasteiger partial charge in [-0.05, 0) is 24.5 Å². The van der Waals surface area contributed by atoms with Crippen LogP contribution in [0.4, 0.5) is 0 Å². The number of aromatic nitrogens is 4. The van der Waals surface area contributed by atoms with Crippen LogP contribution in [0.2, 0.25) is 0 Å². The molecule has 1 saturated heterocycles. The first kappa shape index (κ1) is 12.9. The smallest absolute Gasteiger partial charge is 0.223 e. The van der Waals surface area contributed by atoms with Crippen LogP contribution in [-0.4, -0.2) is 50.6 Å². The molecule has 1 aliphatic heterocycles. The highest BCUT2D eigenvalue weighted by Gasteiger charge is 2.15. The maximum Gasteiger partial charge on any atom is 0.223 e. The Morgan fingerprint density at radius 2 is 2.11 bits per heavy atom. The van der Waals surface area contributed by atoms with Gasteiger partial charge in [0, 0.05) is 26.1 Å². The summed E-state index contributed by atoms with van der Waals surface area (Å²) in [5.74, 6) is 0.900. The van der Waals surface area contributed by atoms with Crippen molar-refractivity contribution in [2.24, 2.45) is 7.05 Å². The first-order chi connectivity index (χ1) is 8.75. The molecule has 0 saturated carbocycles. The standard InChI is InChI=1S/C11H20N6O/c1-16-14-10(13-15-16)9-12-6-5-11(18)17-7-3-2-4-8-17/h12H,2-9H2,1H3. The molecule has 7 heteroatoms. The van der Waals surface area contributed by atoms with Gasteiger partial charge in [-0.2, -0.15) is 4.80 Å². The van der Waals surface area contributed by atoms with E-state index in [0.29, 0.717) is 25.3 Å². The zero-order valence-corrected chi connectivity index (χ0v) is 10.8. The van der Waals surface area contributed by atoms with Gasteiger partial charge in [0.25, 0.3) is 0 Å². The van der Waals surface area contributed by atoms with Crippen LogP contribution in [0.1, 0.15) is 31.5 Å². The number of tetrazole rings is 1. The summed E-state index contributed by atoms with van der Waals surface area (Å²) >= 11 is 0. The summed E-state index contributed by atoms with van der Waals surface area (Å²) in [5.41, 5.74) is 0. The van der Waals surface area contributed by atoms with Crippen molar-refractivity contribution in [2.75, 3.05) is 19.6 Å². The minimum absolute atomic E-state index is 0.245. The lowest BCUT2D eigenvalue weighted by molar-refractivity contribution is -0.131. The molecule has 1 amide bonds. The fraction of sp³-hybridized carbons (Fsp3) is 0.818. The summed E-state index contributed by atoms with van der Waals surface area (Å²) in [4.78, 5) is 15.2. The molecule has 100 valence electrons. The quantitative estimate of drug-likeness (QED) is 0.728. The van der Waals surface area contributed by atoms with E-state index in [1.807, 2.05) is 4.90 Å². The van der Waals surface area contributed by atoms with E-state index in [0.717, 1.165) is 25.9 Å². The van der Waals surface area contributed by atoms with Gasteiger partial charge in [0.1, 0.15) is 0 Å². The Kier molecular flexibility index (Phi) is 4.63. The molecule has 1 aromatic heterocycles. The van der Waals surface area contributed by atoms with Crippen molar-refractivity contribution < 1.29 is 4.79 Å². The van der Waals surface area contributed by atoms with Crippen LogP contribution in [0.3, 0.4) is 0 Å². The predicted molar refractivity (Wildman–Crippen MR) is 65.6 cm³/mol. The summed E-state index contributed by atoms with van der Waals surface area (Å²) in [7, 11) is 1.73. The maximum atomic E-state index is 11.9. The highest BCUT2D eigenvalue weighted by molar-refractivity contribution is 5.76. The van der Waals surface area contributed by atoms with Gasteiger partial charge in [-0.1, -0.05) is 0 Å². The van der Waals surface area contributed by atoms with Crippen molar-refractivity contribution in [3.8, 4) is 0 Å². The molecule has 1 aromatic rings.